The van der Waals surface area contributed by atoms with E-state index in [1.165, 1.54) is 37.7 Å². The number of nitrogens with one attached hydrogen (secondary N) is 3. The summed E-state index contributed by atoms with van der Waals surface area (Å²) in [4.78, 5) is 29.9. The number of amides is 2. The molecule has 0 spiro atoms. The largest absolute Gasteiger partial charge is 0.495 e. The summed E-state index contributed by atoms with van der Waals surface area (Å²) in [6, 6.07) is 10.2. The van der Waals surface area contributed by atoms with E-state index < -0.39 is 34.9 Å². The van der Waals surface area contributed by atoms with E-state index in [-0.39, 0.29) is 37.4 Å². The lowest BCUT2D eigenvalue weighted by molar-refractivity contribution is -0.137. The van der Waals surface area contributed by atoms with Crippen LogP contribution in [0.25, 0.3) is 0 Å². The van der Waals surface area contributed by atoms with Gasteiger partial charge in [0.05, 0.1) is 36.7 Å². The number of nitrogens with zero attached hydrogens (tertiary/aromatic N) is 1. The molecule has 12 heteroatoms. The van der Waals surface area contributed by atoms with Crippen molar-refractivity contribution in [2.75, 3.05) is 25.6 Å². The van der Waals surface area contributed by atoms with E-state index in [2.05, 4.69) is 20.9 Å². The van der Waals surface area contributed by atoms with Gasteiger partial charge in [-0.3, -0.25) is 14.6 Å². The lowest BCUT2D eigenvalue weighted by atomic mass is 9.96. The molecule has 1 atom stereocenters. The van der Waals surface area contributed by atoms with Crippen LogP contribution in [-0.2, 0) is 22.3 Å². The first-order valence-corrected chi connectivity index (χ1v) is 11.5. The lowest BCUT2D eigenvalue weighted by Crippen LogP contribution is -2.59. The molecule has 0 bridgehead atoms. The fraction of sp³-hybridized carbons (Fsp3) is 0.269. The van der Waals surface area contributed by atoms with E-state index >= 15 is 0 Å². The molecule has 1 fully saturated rings. The van der Waals surface area contributed by atoms with Crippen LogP contribution in [0.15, 0.2) is 60.9 Å². The summed E-state index contributed by atoms with van der Waals surface area (Å²) in [5, 5.41) is 8.18. The summed E-state index contributed by atoms with van der Waals surface area (Å²) in [7, 11) is 1.45. The number of rotatable bonds is 8. The first kappa shape index (κ1) is 26.9. The van der Waals surface area contributed by atoms with Crippen molar-refractivity contribution in [1.29, 1.82) is 0 Å². The van der Waals surface area contributed by atoms with E-state index in [1.54, 1.807) is 12.1 Å². The molecular formula is C26H24F4N4O4. The van der Waals surface area contributed by atoms with Crippen LogP contribution in [0, 0.1) is 5.82 Å². The van der Waals surface area contributed by atoms with Gasteiger partial charge in [-0.15, -0.1) is 0 Å². The smallest absolute Gasteiger partial charge is 0.418 e. The van der Waals surface area contributed by atoms with Crippen molar-refractivity contribution in [1.82, 2.24) is 15.6 Å². The molecular weight excluding hydrogens is 508 g/mol. The highest BCUT2D eigenvalue weighted by Crippen LogP contribution is 2.36. The van der Waals surface area contributed by atoms with Crippen molar-refractivity contribution in [3.8, 4) is 5.75 Å². The Bertz CT molecular complexity index is 1310. The highest BCUT2D eigenvalue weighted by atomic mass is 19.4. The summed E-state index contributed by atoms with van der Waals surface area (Å²) in [5.41, 5.74) is -1.46. The summed E-state index contributed by atoms with van der Waals surface area (Å²) < 4.78 is 63.6. The molecule has 2 heterocycles. The third-order valence-corrected chi connectivity index (χ3v) is 5.99. The second-order valence-electron chi connectivity index (χ2n) is 8.64. The Labute approximate surface area is 215 Å². The van der Waals surface area contributed by atoms with Crippen molar-refractivity contribution in [2.45, 2.75) is 24.7 Å². The maximum absolute atomic E-state index is 13.3. The van der Waals surface area contributed by atoms with Crippen LogP contribution < -0.4 is 20.7 Å². The van der Waals surface area contributed by atoms with Gasteiger partial charge in [-0.05, 0) is 42.0 Å². The molecule has 2 amide bonds. The minimum Gasteiger partial charge on any atom is -0.495 e. The molecule has 0 saturated carbocycles. The van der Waals surface area contributed by atoms with E-state index in [9.17, 15) is 27.2 Å². The van der Waals surface area contributed by atoms with E-state index in [4.69, 9.17) is 9.47 Å². The summed E-state index contributed by atoms with van der Waals surface area (Å²) in [5.74, 6) is -1.55. The first-order chi connectivity index (χ1) is 18.1. The molecule has 4 rings (SSSR count). The predicted octanol–water partition coefficient (Wildman–Crippen LogP) is 4.20. The molecule has 200 valence electrons. The molecule has 1 aromatic heterocycles. The summed E-state index contributed by atoms with van der Waals surface area (Å²) >= 11 is 0. The second kappa shape index (κ2) is 11.1. The van der Waals surface area contributed by atoms with E-state index in [0.717, 1.165) is 12.1 Å². The van der Waals surface area contributed by atoms with Gasteiger partial charge in [0.1, 0.15) is 17.1 Å². The van der Waals surface area contributed by atoms with Crippen LogP contribution >= 0.6 is 0 Å². The predicted molar refractivity (Wildman–Crippen MR) is 129 cm³/mol. The minimum atomic E-state index is -4.73. The van der Waals surface area contributed by atoms with Gasteiger partial charge in [-0.1, -0.05) is 12.1 Å². The number of hydrogen-bond donors (Lipinski definition) is 3. The molecule has 38 heavy (non-hydrogen) atoms. The monoisotopic (exact) mass is 532 g/mol. The molecule has 8 nitrogen and oxygen atoms in total. The average molecular weight is 532 g/mol. The number of anilines is 2. The Hall–Kier alpha value is -4.19. The fourth-order valence-corrected chi connectivity index (χ4v) is 3.92. The van der Waals surface area contributed by atoms with Crippen LogP contribution in [0.2, 0.25) is 0 Å². The quantitative estimate of drug-likeness (QED) is 0.376. The number of halogens is 4. The van der Waals surface area contributed by atoms with Gasteiger partial charge in [0.25, 0.3) is 5.91 Å². The van der Waals surface area contributed by atoms with Gasteiger partial charge < -0.3 is 25.4 Å². The Kier molecular flexibility index (Phi) is 7.81. The number of methoxy groups -OCH3 is 1. The van der Waals surface area contributed by atoms with Gasteiger partial charge >= 0.3 is 6.18 Å². The molecule has 3 N–H and O–H groups in total. The minimum absolute atomic E-state index is 0.00988. The van der Waals surface area contributed by atoms with E-state index in [1.807, 2.05) is 0 Å². The van der Waals surface area contributed by atoms with Crippen molar-refractivity contribution in [3.05, 3.63) is 83.4 Å². The number of hydrogen-bond acceptors (Lipinski definition) is 6. The standard InChI is InChI=1S/C26H24F4N4O4/c1-37-20-10-17(13-31-14-20)23(35)34-25(8-9-38-15-25)24(36)32-12-16-2-5-19(6-3-16)33-22-7-4-18(27)11-21(22)26(28,29)30/h2-7,10-11,13-14,33H,8-9,12,15H2,1H3,(H,32,36)(H,34,35). The Morgan fingerprint density at radius 3 is 2.53 bits per heavy atom. The number of carbonyl (C=O) groups excluding carboxylic acids is 2. The maximum Gasteiger partial charge on any atom is 0.418 e. The highest BCUT2D eigenvalue weighted by molar-refractivity contribution is 5.99. The van der Waals surface area contributed by atoms with E-state index in [0.29, 0.717) is 23.1 Å². The van der Waals surface area contributed by atoms with Crippen LogP contribution in [0.5, 0.6) is 5.75 Å². The number of alkyl halides is 3. The molecule has 0 aliphatic carbocycles. The zero-order chi connectivity index (χ0) is 27.3. The van der Waals surface area contributed by atoms with Gasteiger partial charge in [0.2, 0.25) is 5.91 Å². The van der Waals surface area contributed by atoms with Gasteiger partial charge in [-0.2, -0.15) is 13.2 Å². The first-order valence-electron chi connectivity index (χ1n) is 11.5. The van der Waals surface area contributed by atoms with Crippen LogP contribution in [0.4, 0.5) is 28.9 Å². The van der Waals surface area contributed by atoms with Crippen molar-refractivity contribution in [3.63, 3.8) is 0 Å². The second-order valence-corrected chi connectivity index (χ2v) is 8.64. The third kappa shape index (κ3) is 6.20. The topological polar surface area (TPSA) is 102 Å². The number of carbonyl (C=O) groups is 2. The molecule has 1 unspecified atom stereocenters. The molecule has 3 aromatic rings. The molecule has 1 aliphatic heterocycles. The van der Waals surface area contributed by atoms with Gasteiger partial charge in [-0.25, -0.2) is 4.39 Å². The SMILES string of the molecule is COc1cncc(C(=O)NC2(C(=O)NCc3ccc(Nc4ccc(F)cc4C(F)(F)F)cc3)CCOC2)c1. The summed E-state index contributed by atoms with van der Waals surface area (Å²) in [6.45, 7) is 0.375. The average Bonchev–Trinajstić information content (AvgIpc) is 3.38. The van der Waals surface area contributed by atoms with Crippen LogP contribution in [-0.4, -0.2) is 42.7 Å². The van der Waals surface area contributed by atoms with Crippen LogP contribution in [0.1, 0.15) is 27.9 Å². The number of benzene rings is 2. The fourth-order valence-electron chi connectivity index (χ4n) is 3.92. The lowest BCUT2D eigenvalue weighted by Gasteiger charge is -2.27. The number of ether oxygens (including phenoxy) is 2. The number of pyridine rings is 1. The van der Waals surface area contributed by atoms with Crippen molar-refractivity contribution in [2.24, 2.45) is 0 Å². The zero-order valence-electron chi connectivity index (χ0n) is 20.2. The molecule has 2 aromatic carbocycles. The van der Waals surface area contributed by atoms with Crippen molar-refractivity contribution < 1.29 is 36.6 Å². The summed E-state index contributed by atoms with van der Waals surface area (Å²) in [6.07, 6.45) is -1.65. The molecule has 1 aliphatic rings. The highest BCUT2D eigenvalue weighted by Gasteiger charge is 2.43. The Balaban J connectivity index is 1.40. The van der Waals surface area contributed by atoms with Crippen LogP contribution in [0.3, 0.4) is 0 Å². The maximum atomic E-state index is 13.3. The Morgan fingerprint density at radius 2 is 1.87 bits per heavy atom. The molecule has 1 saturated heterocycles. The zero-order valence-corrected chi connectivity index (χ0v) is 20.2. The van der Waals surface area contributed by atoms with Crippen molar-refractivity contribution >= 4 is 23.2 Å². The van der Waals surface area contributed by atoms with Gasteiger partial charge in [0, 0.05) is 31.5 Å². The van der Waals surface area contributed by atoms with Gasteiger partial charge in [0.15, 0.2) is 0 Å². The molecule has 0 radical (unpaired) electrons. The third-order valence-electron chi connectivity index (χ3n) is 5.99. The Morgan fingerprint density at radius 1 is 1.11 bits per heavy atom. The number of aromatic nitrogens is 1. The normalized spacial score (nSPS) is 17.1.